The first-order valence-electron chi connectivity index (χ1n) is 5.37. The van der Waals surface area contributed by atoms with Crippen LogP contribution in [-0.4, -0.2) is 57.7 Å². The number of aliphatic hydroxyl groups is 2. The molecule has 2 atom stereocenters. The molecule has 116 valence electrons. The summed E-state index contributed by atoms with van der Waals surface area (Å²) in [7, 11) is 1.33. The minimum Gasteiger partial charge on any atom is -0.479 e. The van der Waals surface area contributed by atoms with Gasteiger partial charge in [-0.1, -0.05) is 23.7 Å². The second-order valence-electron chi connectivity index (χ2n) is 3.54. The van der Waals surface area contributed by atoms with Gasteiger partial charge in [0.25, 0.3) is 0 Å². The number of hydrogen-bond acceptors (Lipinski definition) is 6. The lowest BCUT2D eigenvalue weighted by Crippen LogP contribution is -2.39. The van der Waals surface area contributed by atoms with Crippen LogP contribution in [0.25, 0.3) is 0 Å². The van der Waals surface area contributed by atoms with Gasteiger partial charge in [-0.05, 0) is 12.1 Å². The summed E-state index contributed by atoms with van der Waals surface area (Å²) < 4.78 is 4.49. The molecule has 4 N–H and O–H groups in total. The van der Waals surface area contributed by atoms with Crippen LogP contribution >= 0.6 is 11.6 Å². The van der Waals surface area contributed by atoms with Crippen molar-refractivity contribution in [2.24, 2.45) is 0 Å². The molecule has 8 nitrogen and oxygen atoms in total. The van der Waals surface area contributed by atoms with Crippen LogP contribution < -0.4 is 0 Å². The average Bonchev–Trinajstić information content (AvgIpc) is 2.45. The Morgan fingerprint density at radius 1 is 1.05 bits per heavy atom. The maximum atomic E-state index is 10.9. The quantitative estimate of drug-likeness (QED) is 0.568. The molecule has 0 spiro atoms. The number of methoxy groups -OCH3 is 1. The maximum absolute atomic E-state index is 10.9. The first-order chi connectivity index (χ1) is 9.72. The third-order valence-electron chi connectivity index (χ3n) is 2.08. The molecule has 21 heavy (non-hydrogen) atoms. The van der Waals surface area contributed by atoms with Crippen molar-refractivity contribution in [2.75, 3.05) is 7.11 Å². The highest BCUT2D eigenvalue weighted by Gasteiger charge is 2.29. The number of aliphatic hydroxyl groups excluding tert-OH is 2. The minimum atomic E-state index is -2.27. The van der Waals surface area contributed by atoms with Gasteiger partial charge in [-0.15, -0.1) is 0 Å². The SMILES string of the molecule is COC(=O)c1ccccc1Cl.O=C(O)C(O)C(O)C(=O)O. The molecule has 0 aliphatic carbocycles. The summed E-state index contributed by atoms with van der Waals surface area (Å²) in [5.41, 5.74) is 0.400. The molecule has 0 saturated carbocycles. The Morgan fingerprint density at radius 2 is 1.48 bits per heavy atom. The van der Waals surface area contributed by atoms with Gasteiger partial charge < -0.3 is 25.2 Å². The second kappa shape index (κ2) is 8.90. The first-order valence-corrected chi connectivity index (χ1v) is 5.74. The molecule has 0 aliphatic heterocycles. The van der Waals surface area contributed by atoms with E-state index >= 15 is 0 Å². The molecule has 0 aromatic heterocycles. The molecule has 0 aliphatic rings. The number of esters is 1. The second-order valence-corrected chi connectivity index (χ2v) is 3.94. The monoisotopic (exact) mass is 320 g/mol. The topological polar surface area (TPSA) is 141 Å². The predicted octanol–water partition coefficient (Wildman–Crippen LogP) is 0.00400. The highest BCUT2D eigenvalue weighted by molar-refractivity contribution is 6.33. The van der Waals surface area contributed by atoms with Crippen LogP contribution in [0.4, 0.5) is 0 Å². The third kappa shape index (κ3) is 6.21. The van der Waals surface area contributed by atoms with E-state index in [-0.39, 0.29) is 0 Å². The Bertz CT molecular complexity index is 498. The van der Waals surface area contributed by atoms with Gasteiger partial charge in [-0.3, -0.25) is 0 Å². The van der Waals surface area contributed by atoms with Crippen molar-refractivity contribution in [1.82, 2.24) is 0 Å². The van der Waals surface area contributed by atoms with E-state index in [1.165, 1.54) is 7.11 Å². The number of rotatable bonds is 4. The molecule has 0 bridgehead atoms. The summed E-state index contributed by atoms with van der Waals surface area (Å²) in [5.74, 6) is -3.94. The van der Waals surface area contributed by atoms with Gasteiger partial charge in [0.15, 0.2) is 12.2 Å². The van der Waals surface area contributed by atoms with Gasteiger partial charge in [-0.2, -0.15) is 0 Å². The van der Waals surface area contributed by atoms with E-state index in [4.69, 9.17) is 32.0 Å². The van der Waals surface area contributed by atoms with E-state index in [0.717, 1.165) is 0 Å². The molecular formula is C12H13ClO8. The zero-order valence-corrected chi connectivity index (χ0v) is 11.5. The number of aliphatic carboxylic acids is 2. The Kier molecular flexibility index (Phi) is 7.99. The van der Waals surface area contributed by atoms with E-state index in [2.05, 4.69) is 4.74 Å². The molecule has 9 heteroatoms. The highest BCUT2D eigenvalue weighted by Crippen LogP contribution is 2.15. The molecule has 0 radical (unpaired) electrons. The van der Waals surface area contributed by atoms with Crippen molar-refractivity contribution in [3.63, 3.8) is 0 Å². The number of carboxylic acid groups (broad SMARTS) is 2. The zero-order chi connectivity index (χ0) is 16.6. The fraction of sp³-hybridized carbons (Fsp3) is 0.250. The van der Waals surface area contributed by atoms with Crippen molar-refractivity contribution in [3.8, 4) is 0 Å². The van der Waals surface area contributed by atoms with Crippen molar-refractivity contribution in [2.45, 2.75) is 12.2 Å². The number of carbonyl (C=O) groups is 3. The Morgan fingerprint density at radius 3 is 1.81 bits per heavy atom. The van der Waals surface area contributed by atoms with E-state index in [1.54, 1.807) is 24.3 Å². The highest BCUT2D eigenvalue weighted by atomic mass is 35.5. The Hall–Kier alpha value is -2.16. The number of carboxylic acids is 2. The van der Waals surface area contributed by atoms with E-state index < -0.39 is 30.1 Å². The van der Waals surface area contributed by atoms with Crippen LogP contribution in [0.3, 0.4) is 0 Å². The predicted molar refractivity (Wildman–Crippen MR) is 70.1 cm³/mol. The molecule has 0 fully saturated rings. The molecule has 1 rings (SSSR count). The van der Waals surface area contributed by atoms with Gasteiger partial charge in [0.2, 0.25) is 0 Å². The fourth-order valence-corrected chi connectivity index (χ4v) is 1.22. The van der Waals surface area contributed by atoms with Crippen molar-refractivity contribution < 1.29 is 39.5 Å². The molecule has 1 aromatic rings. The molecule has 0 amide bonds. The first kappa shape index (κ1) is 18.8. The van der Waals surface area contributed by atoms with Crippen LogP contribution in [0.15, 0.2) is 24.3 Å². The number of ether oxygens (including phenoxy) is 1. The lowest BCUT2D eigenvalue weighted by molar-refractivity contribution is -0.165. The van der Waals surface area contributed by atoms with Gasteiger partial charge in [0.05, 0.1) is 17.7 Å². The van der Waals surface area contributed by atoms with Crippen LogP contribution in [0, 0.1) is 0 Å². The summed E-state index contributed by atoms with van der Waals surface area (Å²) in [4.78, 5) is 30.5. The standard InChI is InChI=1S/C8H7ClO2.C4H6O6/c1-11-8(10)6-4-2-3-5-7(6)9;5-1(3(7)8)2(6)4(9)10/h2-5H,1H3;1-2,5-6H,(H,7,8)(H,9,10). The number of hydrogen-bond donors (Lipinski definition) is 4. The van der Waals surface area contributed by atoms with Crippen LogP contribution in [0.1, 0.15) is 10.4 Å². The van der Waals surface area contributed by atoms with Gasteiger partial charge >= 0.3 is 17.9 Å². The fourth-order valence-electron chi connectivity index (χ4n) is 1.01. The molecule has 2 unspecified atom stereocenters. The number of carbonyl (C=O) groups excluding carboxylic acids is 1. The molecular weight excluding hydrogens is 308 g/mol. The summed E-state index contributed by atoms with van der Waals surface area (Å²) in [6.45, 7) is 0. The largest absolute Gasteiger partial charge is 0.479 e. The maximum Gasteiger partial charge on any atom is 0.339 e. The lowest BCUT2D eigenvalue weighted by Gasteiger charge is -2.07. The molecule has 1 aromatic carbocycles. The van der Waals surface area contributed by atoms with E-state index in [0.29, 0.717) is 10.6 Å². The van der Waals surface area contributed by atoms with Crippen LogP contribution in [-0.2, 0) is 14.3 Å². The van der Waals surface area contributed by atoms with Crippen molar-refractivity contribution in [3.05, 3.63) is 34.9 Å². The van der Waals surface area contributed by atoms with Crippen LogP contribution in [0.2, 0.25) is 5.02 Å². The number of benzene rings is 1. The molecule has 0 saturated heterocycles. The summed E-state index contributed by atoms with van der Waals surface area (Å²) in [5, 5.41) is 32.9. The smallest absolute Gasteiger partial charge is 0.339 e. The summed E-state index contributed by atoms with van der Waals surface area (Å²) in [6.07, 6.45) is -4.53. The number of halogens is 1. The van der Waals surface area contributed by atoms with E-state index in [1.807, 2.05) is 0 Å². The van der Waals surface area contributed by atoms with Crippen molar-refractivity contribution in [1.29, 1.82) is 0 Å². The summed E-state index contributed by atoms with van der Waals surface area (Å²) in [6, 6.07) is 6.76. The van der Waals surface area contributed by atoms with Crippen molar-refractivity contribution >= 4 is 29.5 Å². The third-order valence-corrected chi connectivity index (χ3v) is 2.41. The zero-order valence-electron chi connectivity index (χ0n) is 10.8. The normalized spacial score (nSPS) is 12.4. The Labute approximate surface area is 124 Å². The van der Waals surface area contributed by atoms with Gasteiger partial charge in [0, 0.05) is 0 Å². The molecule has 0 heterocycles. The average molecular weight is 321 g/mol. The van der Waals surface area contributed by atoms with Crippen LogP contribution in [0.5, 0.6) is 0 Å². The minimum absolute atomic E-state index is 0.400. The van der Waals surface area contributed by atoms with Gasteiger partial charge in [-0.25, -0.2) is 14.4 Å². The van der Waals surface area contributed by atoms with Gasteiger partial charge in [0.1, 0.15) is 0 Å². The summed E-state index contributed by atoms with van der Waals surface area (Å²) >= 11 is 5.70. The Balaban J connectivity index is 0.000000384. The van der Waals surface area contributed by atoms with E-state index in [9.17, 15) is 14.4 Å². The lowest BCUT2D eigenvalue weighted by atomic mass is 10.2.